The molecule has 0 saturated carbocycles. The highest BCUT2D eigenvalue weighted by atomic mass is 16.2. The van der Waals surface area contributed by atoms with Gasteiger partial charge in [0.2, 0.25) is 0 Å². The van der Waals surface area contributed by atoms with Crippen LogP contribution in [0, 0.1) is 0 Å². The quantitative estimate of drug-likeness (QED) is 0.888. The predicted octanol–water partition coefficient (Wildman–Crippen LogP) is 1.68. The summed E-state index contributed by atoms with van der Waals surface area (Å²) < 4.78 is 1.91. The van der Waals surface area contributed by atoms with E-state index in [2.05, 4.69) is 20.5 Å². The molecular weight excluding hydrogens is 328 g/mol. The van der Waals surface area contributed by atoms with Crippen LogP contribution in [-0.2, 0) is 0 Å². The summed E-state index contributed by atoms with van der Waals surface area (Å²) in [5, 5.41) is 11.8. The van der Waals surface area contributed by atoms with E-state index in [0.29, 0.717) is 17.8 Å². The molecule has 1 atom stereocenters. The largest absolute Gasteiger partial charge is 0.336 e. The number of carbonyl (C=O) groups is 1. The van der Waals surface area contributed by atoms with Gasteiger partial charge in [-0.05, 0) is 64.7 Å². The topological polar surface area (TPSA) is 66.3 Å². The molecule has 0 bridgehead atoms. The second-order valence-corrected chi connectivity index (χ2v) is 8.06. The van der Waals surface area contributed by atoms with Crippen LogP contribution in [0.1, 0.15) is 67.9 Å². The normalized spacial score (nSPS) is 26.6. The summed E-state index contributed by atoms with van der Waals surface area (Å²) in [5.74, 6) is 0.0599. The average Bonchev–Trinajstić information content (AvgIpc) is 3.03. The summed E-state index contributed by atoms with van der Waals surface area (Å²) in [6.07, 6.45) is 11.6. The molecular formula is C19H32N6O. The molecule has 26 heavy (non-hydrogen) atoms. The van der Waals surface area contributed by atoms with E-state index >= 15 is 0 Å². The molecule has 1 N–H and O–H groups in total. The van der Waals surface area contributed by atoms with Crippen molar-refractivity contribution in [3.05, 3.63) is 11.9 Å². The molecule has 7 nitrogen and oxygen atoms in total. The number of piperidine rings is 2. The monoisotopic (exact) mass is 360 g/mol. The zero-order valence-electron chi connectivity index (χ0n) is 15.8. The van der Waals surface area contributed by atoms with Gasteiger partial charge in [-0.3, -0.25) is 9.69 Å². The van der Waals surface area contributed by atoms with Gasteiger partial charge in [-0.2, -0.15) is 0 Å². The highest BCUT2D eigenvalue weighted by Crippen LogP contribution is 2.22. The molecule has 3 saturated heterocycles. The summed E-state index contributed by atoms with van der Waals surface area (Å²) >= 11 is 0. The number of amides is 1. The fourth-order valence-corrected chi connectivity index (χ4v) is 4.68. The summed E-state index contributed by atoms with van der Waals surface area (Å²) in [4.78, 5) is 17.6. The van der Waals surface area contributed by atoms with Crippen LogP contribution in [-0.4, -0.2) is 76.0 Å². The van der Waals surface area contributed by atoms with Gasteiger partial charge < -0.3 is 10.2 Å². The van der Waals surface area contributed by atoms with Gasteiger partial charge in [-0.15, -0.1) is 5.10 Å². The van der Waals surface area contributed by atoms with Gasteiger partial charge in [0.25, 0.3) is 5.91 Å². The molecule has 3 aliphatic heterocycles. The molecule has 3 aliphatic rings. The lowest BCUT2D eigenvalue weighted by molar-refractivity contribution is 0.0573. The van der Waals surface area contributed by atoms with Gasteiger partial charge in [-0.1, -0.05) is 18.1 Å². The molecule has 0 unspecified atom stereocenters. The second kappa shape index (κ2) is 8.48. The van der Waals surface area contributed by atoms with E-state index in [0.717, 1.165) is 45.4 Å². The van der Waals surface area contributed by atoms with Gasteiger partial charge in [0, 0.05) is 19.1 Å². The lowest BCUT2D eigenvalue weighted by atomic mass is 10.0. The number of nitrogens with zero attached hydrogens (tertiary/aromatic N) is 5. The molecule has 1 aromatic rings. The van der Waals surface area contributed by atoms with E-state index in [1.54, 1.807) is 0 Å². The van der Waals surface area contributed by atoms with E-state index in [-0.39, 0.29) is 5.91 Å². The molecule has 0 aliphatic carbocycles. The first kappa shape index (κ1) is 17.9. The summed E-state index contributed by atoms with van der Waals surface area (Å²) in [6, 6.07) is 0.891. The van der Waals surface area contributed by atoms with Crippen LogP contribution in [0.3, 0.4) is 0 Å². The maximum atomic E-state index is 13.0. The molecule has 7 heteroatoms. The van der Waals surface area contributed by atoms with Crippen LogP contribution in [0.25, 0.3) is 0 Å². The van der Waals surface area contributed by atoms with Crippen molar-refractivity contribution in [2.45, 2.75) is 63.5 Å². The van der Waals surface area contributed by atoms with Crippen molar-refractivity contribution in [1.82, 2.24) is 30.1 Å². The summed E-state index contributed by atoms with van der Waals surface area (Å²) in [6.45, 7) is 6.11. The third-order valence-corrected chi connectivity index (χ3v) is 6.25. The second-order valence-electron chi connectivity index (χ2n) is 8.06. The number of rotatable bonds is 3. The van der Waals surface area contributed by atoms with Gasteiger partial charge >= 0.3 is 0 Å². The number of nitrogens with one attached hydrogen (secondary N) is 1. The molecule has 4 heterocycles. The van der Waals surface area contributed by atoms with E-state index in [1.165, 1.54) is 45.2 Å². The van der Waals surface area contributed by atoms with E-state index in [9.17, 15) is 4.79 Å². The minimum Gasteiger partial charge on any atom is -0.336 e. The Labute approximate surface area is 156 Å². The lowest BCUT2D eigenvalue weighted by Gasteiger charge is -2.38. The Morgan fingerprint density at radius 1 is 0.962 bits per heavy atom. The zero-order chi connectivity index (χ0) is 17.8. The Balaban J connectivity index is 1.38. The SMILES string of the molecule is O=C(c1cn(C2CCNCC2)nn1)N1CCC[C@@H](N2CCCCCC2)C1. The minimum absolute atomic E-state index is 0.0599. The van der Waals surface area contributed by atoms with Gasteiger partial charge in [0.05, 0.1) is 12.2 Å². The number of carbonyl (C=O) groups excluding carboxylic acids is 1. The van der Waals surface area contributed by atoms with Crippen molar-refractivity contribution in [3.8, 4) is 0 Å². The Bertz CT molecular complexity index is 589. The van der Waals surface area contributed by atoms with Crippen LogP contribution >= 0.6 is 0 Å². The van der Waals surface area contributed by atoms with Crippen LogP contribution < -0.4 is 5.32 Å². The van der Waals surface area contributed by atoms with Crippen molar-refractivity contribution in [3.63, 3.8) is 0 Å². The van der Waals surface area contributed by atoms with Gasteiger partial charge in [-0.25, -0.2) is 4.68 Å². The van der Waals surface area contributed by atoms with E-state index in [4.69, 9.17) is 0 Å². The third-order valence-electron chi connectivity index (χ3n) is 6.25. The lowest BCUT2D eigenvalue weighted by Crippen LogP contribution is -2.50. The molecule has 1 amide bonds. The molecule has 0 radical (unpaired) electrons. The van der Waals surface area contributed by atoms with E-state index < -0.39 is 0 Å². The van der Waals surface area contributed by atoms with Crippen LogP contribution in [0.2, 0.25) is 0 Å². The van der Waals surface area contributed by atoms with Crippen molar-refractivity contribution in [1.29, 1.82) is 0 Å². The Hall–Kier alpha value is -1.47. The van der Waals surface area contributed by atoms with Gasteiger partial charge in [0.1, 0.15) is 0 Å². The molecule has 0 aromatic carbocycles. The van der Waals surface area contributed by atoms with Crippen molar-refractivity contribution >= 4 is 5.91 Å². The fraction of sp³-hybridized carbons (Fsp3) is 0.842. The highest BCUT2D eigenvalue weighted by Gasteiger charge is 2.30. The summed E-state index contributed by atoms with van der Waals surface area (Å²) in [5.41, 5.74) is 0.514. The number of hydrogen-bond acceptors (Lipinski definition) is 5. The van der Waals surface area contributed by atoms with Crippen molar-refractivity contribution < 1.29 is 4.79 Å². The molecule has 1 aromatic heterocycles. The Morgan fingerprint density at radius 3 is 2.50 bits per heavy atom. The Kier molecular flexibility index (Phi) is 5.84. The highest BCUT2D eigenvalue weighted by molar-refractivity contribution is 5.92. The maximum Gasteiger partial charge on any atom is 0.276 e. The molecule has 0 spiro atoms. The number of aromatic nitrogens is 3. The first-order valence-electron chi connectivity index (χ1n) is 10.5. The first-order valence-corrected chi connectivity index (χ1v) is 10.5. The van der Waals surface area contributed by atoms with Crippen LogP contribution in [0.5, 0.6) is 0 Å². The van der Waals surface area contributed by atoms with Crippen molar-refractivity contribution in [2.24, 2.45) is 0 Å². The number of hydrogen-bond donors (Lipinski definition) is 1. The Morgan fingerprint density at radius 2 is 1.73 bits per heavy atom. The predicted molar refractivity (Wildman–Crippen MR) is 100 cm³/mol. The average molecular weight is 361 g/mol. The standard InChI is InChI=1S/C19H32N6O/c26-19(18-15-25(22-21-18)16-7-9-20-10-8-16)24-13-5-6-17(14-24)23-11-3-1-2-4-12-23/h15-17,20H,1-14H2/t17-/m1/s1. The smallest absolute Gasteiger partial charge is 0.276 e. The third kappa shape index (κ3) is 4.09. The van der Waals surface area contributed by atoms with Crippen molar-refractivity contribution in [2.75, 3.05) is 39.3 Å². The zero-order valence-corrected chi connectivity index (χ0v) is 15.8. The minimum atomic E-state index is 0.0599. The fourth-order valence-electron chi connectivity index (χ4n) is 4.68. The molecule has 4 rings (SSSR count). The number of likely N-dealkylation sites (tertiary alicyclic amines) is 2. The van der Waals surface area contributed by atoms with Gasteiger partial charge in [0.15, 0.2) is 5.69 Å². The van der Waals surface area contributed by atoms with Crippen LogP contribution in [0.15, 0.2) is 6.20 Å². The maximum absolute atomic E-state index is 13.0. The van der Waals surface area contributed by atoms with Crippen LogP contribution in [0.4, 0.5) is 0 Å². The summed E-state index contributed by atoms with van der Waals surface area (Å²) in [7, 11) is 0. The first-order chi connectivity index (χ1) is 12.8. The molecule has 144 valence electrons. The van der Waals surface area contributed by atoms with E-state index in [1.807, 2.05) is 15.8 Å². The molecule has 3 fully saturated rings.